The summed E-state index contributed by atoms with van der Waals surface area (Å²) < 4.78 is 0. The molecule has 42 heavy (non-hydrogen) atoms. The molecule has 0 radical (unpaired) electrons. The molecule has 0 heterocycles. The number of carboxylic acids is 9. The first-order chi connectivity index (χ1) is 17.7. The number of carbonyl (C=O) groups excluding carboxylic acids is 3. The van der Waals surface area contributed by atoms with Crippen LogP contribution in [0, 0.1) is 0 Å². The van der Waals surface area contributed by atoms with E-state index in [9.17, 15) is 58.5 Å². The van der Waals surface area contributed by atoms with E-state index in [2.05, 4.69) is 0 Å². The third-order valence-corrected chi connectivity index (χ3v) is 3.21. The quantitative estimate of drug-likeness (QED) is 0.0758. The Balaban J connectivity index is -0.000000112. The molecule has 0 fully saturated rings. The Kier molecular flexibility index (Phi) is 38.4. The molecule has 6 N–H and O–H groups in total. The number of nitrogens with zero attached hydrogens (tertiary/aromatic N) is 3. The molecule has 0 aliphatic carbocycles. The number of rotatable bonds is 18. The summed E-state index contributed by atoms with van der Waals surface area (Å²) in [5.41, 5.74) is 0. The van der Waals surface area contributed by atoms with Crippen LogP contribution in [0.25, 0.3) is 0 Å². The first-order valence-electron chi connectivity index (χ1n) is 9.82. The van der Waals surface area contributed by atoms with Crippen LogP contribution in [0.3, 0.4) is 0 Å². The van der Waals surface area contributed by atoms with E-state index >= 15 is 0 Å². The van der Waals surface area contributed by atoms with E-state index in [1.807, 2.05) is 0 Å². The molecular formula is C18H24N3Na3O18. The zero-order valence-electron chi connectivity index (χ0n) is 22.8. The topological polar surface area (TPSA) is 354 Å². The molecule has 0 aliphatic heterocycles. The molecule has 0 amide bonds. The number of carboxylic acid groups (broad SMARTS) is 9. The molecule has 0 unspecified atom stereocenters. The maximum absolute atomic E-state index is 10.1. The number of aliphatic carboxylic acids is 9. The molecular weight excluding hydrogens is 615 g/mol. The minimum Gasteiger partial charge on any atom is -0.549 e. The van der Waals surface area contributed by atoms with Crippen LogP contribution in [0.1, 0.15) is 0 Å². The van der Waals surface area contributed by atoms with Gasteiger partial charge < -0.3 is 60.3 Å². The number of carbonyl (C=O) groups is 9. The van der Waals surface area contributed by atoms with Crippen molar-refractivity contribution in [3.8, 4) is 0 Å². The normalized spacial score (nSPS) is 9.21. The van der Waals surface area contributed by atoms with Gasteiger partial charge in [-0.2, -0.15) is 0 Å². The summed E-state index contributed by atoms with van der Waals surface area (Å²) in [5, 5.41) is 79.7. The van der Waals surface area contributed by atoms with Crippen LogP contribution in [-0.4, -0.2) is 158 Å². The van der Waals surface area contributed by atoms with Crippen LogP contribution in [0.5, 0.6) is 0 Å². The summed E-state index contributed by atoms with van der Waals surface area (Å²) in [4.78, 5) is 93.1. The minimum absolute atomic E-state index is 0. The Morgan fingerprint density at radius 2 is 0.452 bits per heavy atom. The van der Waals surface area contributed by atoms with Crippen LogP contribution in [0.4, 0.5) is 0 Å². The zero-order chi connectivity index (χ0) is 31.3. The third kappa shape index (κ3) is 45.1. The van der Waals surface area contributed by atoms with E-state index in [-0.39, 0.29) is 88.7 Å². The molecule has 24 heteroatoms. The van der Waals surface area contributed by atoms with E-state index in [1.165, 1.54) is 0 Å². The van der Waals surface area contributed by atoms with Crippen LogP contribution < -0.4 is 104 Å². The Morgan fingerprint density at radius 3 is 0.524 bits per heavy atom. The molecule has 0 aliphatic rings. The Hall–Kier alpha value is -1.89. The van der Waals surface area contributed by atoms with Crippen molar-refractivity contribution in [1.82, 2.24) is 14.7 Å². The van der Waals surface area contributed by atoms with E-state index in [0.29, 0.717) is 0 Å². The van der Waals surface area contributed by atoms with Crippen molar-refractivity contribution in [2.75, 3.05) is 58.9 Å². The van der Waals surface area contributed by atoms with Crippen molar-refractivity contribution in [1.29, 1.82) is 0 Å². The second-order valence-electron chi connectivity index (χ2n) is 6.91. The molecule has 0 rings (SSSR count). The molecule has 0 spiro atoms. The van der Waals surface area contributed by atoms with Gasteiger partial charge in [-0.05, 0) is 0 Å². The predicted octanol–water partition coefficient (Wildman–Crippen LogP) is -17.4. The van der Waals surface area contributed by atoms with Crippen molar-refractivity contribution < 1.29 is 178 Å². The number of hydrogen-bond donors (Lipinski definition) is 6. The summed E-state index contributed by atoms with van der Waals surface area (Å²) in [6, 6.07) is 0. The first kappa shape index (κ1) is 52.7. The molecule has 21 nitrogen and oxygen atoms in total. The molecule has 0 aromatic carbocycles. The summed E-state index contributed by atoms with van der Waals surface area (Å²) in [6.45, 7) is -5.96. The summed E-state index contributed by atoms with van der Waals surface area (Å²) >= 11 is 0. The Morgan fingerprint density at radius 1 is 0.333 bits per heavy atom. The van der Waals surface area contributed by atoms with Crippen molar-refractivity contribution in [2.24, 2.45) is 0 Å². The fourth-order valence-electron chi connectivity index (χ4n) is 2.20. The van der Waals surface area contributed by atoms with E-state index in [4.69, 9.17) is 30.6 Å². The average molecular weight is 639 g/mol. The monoisotopic (exact) mass is 639 g/mol. The van der Waals surface area contributed by atoms with Gasteiger partial charge in [-0.1, -0.05) is 0 Å². The molecule has 0 aromatic heterocycles. The zero-order valence-corrected chi connectivity index (χ0v) is 28.8. The van der Waals surface area contributed by atoms with E-state index in [1.54, 1.807) is 0 Å². The van der Waals surface area contributed by atoms with Crippen LogP contribution in [0.15, 0.2) is 0 Å². The van der Waals surface area contributed by atoms with Gasteiger partial charge in [0.25, 0.3) is 0 Å². The Labute approximate surface area is 302 Å². The third-order valence-electron chi connectivity index (χ3n) is 3.21. The van der Waals surface area contributed by atoms with Crippen molar-refractivity contribution in [3.05, 3.63) is 0 Å². The summed E-state index contributed by atoms with van der Waals surface area (Å²) in [7, 11) is 0. The van der Waals surface area contributed by atoms with Crippen LogP contribution in [0.2, 0.25) is 0 Å². The molecule has 0 aromatic rings. The largest absolute Gasteiger partial charge is 1.00 e. The van der Waals surface area contributed by atoms with Crippen molar-refractivity contribution in [2.45, 2.75) is 0 Å². The van der Waals surface area contributed by atoms with Gasteiger partial charge in [0, 0.05) is 19.6 Å². The second kappa shape index (κ2) is 30.6. The molecule has 0 bridgehead atoms. The molecule has 222 valence electrons. The van der Waals surface area contributed by atoms with Gasteiger partial charge in [0.2, 0.25) is 0 Å². The van der Waals surface area contributed by atoms with Crippen molar-refractivity contribution in [3.63, 3.8) is 0 Å². The van der Waals surface area contributed by atoms with Gasteiger partial charge in [0.1, 0.15) is 0 Å². The summed E-state index contributed by atoms with van der Waals surface area (Å²) in [5.74, 6) is -12.3. The minimum atomic E-state index is -1.51. The van der Waals surface area contributed by atoms with Gasteiger partial charge in [-0.3, -0.25) is 43.5 Å². The van der Waals surface area contributed by atoms with Gasteiger partial charge in [0.15, 0.2) is 0 Å². The maximum atomic E-state index is 10.1. The van der Waals surface area contributed by atoms with Crippen molar-refractivity contribution >= 4 is 53.7 Å². The molecule has 0 saturated carbocycles. The standard InChI is InChI=1S/3C6H9NO6.3Na/c3*8-4(9)1-7(2-5(10)11)3-6(12)13;;;/h3*1-3H2,(H,8,9)(H,10,11)(H,12,13);;;/q;;;3*+1/p-3. The first-order valence-corrected chi connectivity index (χ1v) is 9.82. The Bertz CT molecular complexity index is 691. The van der Waals surface area contributed by atoms with Gasteiger partial charge >= 0.3 is 124 Å². The smallest absolute Gasteiger partial charge is 0.549 e. The van der Waals surface area contributed by atoms with E-state index in [0.717, 1.165) is 14.7 Å². The molecule has 0 atom stereocenters. The van der Waals surface area contributed by atoms with Gasteiger partial charge in [0.05, 0.1) is 57.2 Å². The fraction of sp³-hybridized carbons (Fsp3) is 0.500. The predicted molar refractivity (Wildman–Crippen MR) is 110 cm³/mol. The van der Waals surface area contributed by atoms with Crippen LogP contribution in [-0.2, 0) is 43.2 Å². The second-order valence-corrected chi connectivity index (χ2v) is 6.91. The van der Waals surface area contributed by atoms with Gasteiger partial charge in [-0.25, -0.2) is 0 Å². The van der Waals surface area contributed by atoms with E-state index < -0.39 is 113 Å². The molecule has 0 saturated heterocycles. The average Bonchev–Trinajstić information content (AvgIpc) is 2.63. The van der Waals surface area contributed by atoms with Gasteiger partial charge in [-0.15, -0.1) is 0 Å². The van der Waals surface area contributed by atoms with Crippen LogP contribution >= 0.6 is 0 Å². The SMILES string of the molecule is O=C([O-])CN(CC(=O)O)CC(=O)O.O=C([O-])CN(CC(=O)O)CC(=O)O.O=C([O-])CN(CC(=O)O)CC(=O)O.[Na+].[Na+].[Na+]. The summed E-state index contributed by atoms with van der Waals surface area (Å²) in [6.07, 6.45) is 0. The maximum Gasteiger partial charge on any atom is 1.00 e. The fourth-order valence-corrected chi connectivity index (χ4v) is 2.20. The number of hydrogen-bond acceptors (Lipinski definition) is 15.